The van der Waals surface area contributed by atoms with E-state index in [1.807, 2.05) is 24.0 Å². The second kappa shape index (κ2) is 5.61. The van der Waals surface area contributed by atoms with Crippen molar-refractivity contribution in [2.45, 2.75) is 6.92 Å². The van der Waals surface area contributed by atoms with E-state index in [2.05, 4.69) is 0 Å². The lowest BCUT2D eigenvalue weighted by Crippen LogP contribution is -2.16. The van der Waals surface area contributed by atoms with Crippen LogP contribution in [-0.2, 0) is 0 Å². The third-order valence-corrected chi connectivity index (χ3v) is 2.92. The first kappa shape index (κ1) is 13.2. The highest BCUT2D eigenvalue weighted by Gasteiger charge is 2.09. The van der Waals surface area contributed by atoms with E-state index in [0.29, 0.717) is 11.4 Å². The van der Waals surface area contributed by atoms with Gasteiger partial charge in [0.15, 0.2) is 0 Å². The number of nitrogen functional groups attached to an aromatic ring is 1. The number of rotatable bonds is 4. The molecular weight excluding hydrogens is 243 g/mol. The lowest BCUT2D eigenvalue weighted by atomic mass is 10.2. The van der Waals surface area contributed by atoms with Gasteiger partial charge in [0.25, 0.3) is 0 Å². The molecule has 0 heterocycles. The van der Waals surface area contributed by atoms with Crippen molar-refractivity contribution < 1.29 is 9.13 Å². The zero-order valence-corrected chi connectivity index (χ0v) is 11.1. The van der Waals surface area contributed by atoms with Gasteiger partial charge in [0.1, 0.15) is 11.6 Å². The summed E-state index contributed by atoms with van der Waals surface area (Å²) in [5, 5.41) is 0. The summed E-state index contributed by atoms with van der Waals surface area (Å²) in [5.41, 5.74) is 8.33. The van der Waals surface area contributed by atoms with Gasteiger partial charge >= 0.3 is 0 Å². The van der Waals surface area contributed by atoms with Gasteiger partial charge in [0, 0.05) is 35.7 Å². The van der Waals surface area contributed by atoms with E-state index in [4.69, 9.17) is 10.5 Å². The number of nitrogens with two attached hydrogens (primary N) is 1. The molecule has 2 rings (SSSR count). The predicted molar refractivity (Wildman–Crippen MR) is 76.5 cm³/mol. The fourth-order valence-electron chi connectivity index (χ4n) is 2.01. The molecule has 2 aromatic carbocycles. The van der Waals surface area contributed by atoms with Crippen LogP contribution in [0, 0.1) is 5.82 Å². The van der Waals surface area contributed by atoms with Crippen molar-refractivity contribution in [1.82, 2.24) is 0 Å². The first-order valence-electron chi connectivity index (χ1n) is 6.11. The first-order chi connectivity index (χ1) is 9.13. The number of ether oxygens (including phenoxy) is 1. The second-order valence-electron chi connectivity index (χ2n) is 4.19. The van der Waals surface area contributed by atoms with Gasteiger partial charge in [0.05, 0.1) is 7.11 Å². The fraction of sp³-hybridized carbons (Fsp3) is 0.200. The molecule has 0 saturated heterocycles. The summed E-state index contributed by atoms with van der Waals surface area (Å²) in [5.74, 6) is 0.459. The summed E-state index contributed by atoms with van der Waals surface area (Å²) in [7, 11) is 1.60. The van der Waals surface area contributed by atoms with Gasteiger partial charge in [-0.05, 0) is 37.3 Å². The highest BCUT2D eigenvalue weighted by Crippen LogP contribution is 2.30. The molecule has 0 aliphatic rings. The highest BCUT2D eigenvalue weighted by atomic mass is 19.1. The van der Waals surface area contributed by atoms with Gasteiger partial charge in [-0.3, -0.25) is 0 Å². The Hall–Kier alpha value is -2.23. The van der Waals surface area contributed by atoms with Gasteiger partial charge in [0.2, 0.25) is 0 Å². The molecule has 0 saturated carbocycles. The van der Waals surface area contributed by atoms with Gasteiger partial charge < -0.3 is 15.4 Å². The van der Waals surface area contributed by atoms with Crippen molar-refractivity contribution in [2.75, 3.05) is 24.3 Å². The Morgan fingerprint density at radius 3 is 2.37 bits per heavy atom. The van der Waals surface area contributed by atoms with Crippen LogP contribution in [-0.4, -0.2) is 13.7 Å². The Bertz CT molecular complexity index is 555. The molecule has 0 unspecified atom stereocenters. The molecule has 0 spiro atoms. The number of hydrogen-bond acceptors (Lipinski definition) is 3. The van der Waals surface area contributed by atoms with Crippen LogP contribution in [0.5, 0.6) is 5.75 Å². The maximum atomic E-state index is 13.0. The van der Waals surface area contributed by atoms with Crippen molar-refractivity contribution in [3.63, 3.8) is 0 Å². The minimum absolute atomic E-state index is 0.245. The summed E-state index contributed by atoms with van der Waals surface area (Å²) in [6, 6.07) is 11.9. The SMILES string of the molecule is CCN(c1ccc(F)cc1)c1cc(N)cc(OC)c1. The van der Waals surface area contributed by atoms with E-state index in [9.17, 15) is 4.39 Å². The average molecular weight is 260 g/mol. The fourth-order valence-corrected chi connectivity index (χ4v) is 2.01. The molecule has 0 fully saturated rings. The van der Waals surface area contributed by atoms with Crippen molar-refractivity contribution >= 4 is 17.1 Å². The summed E-state index contributed by atoms with van der Waals surface area (Å²) in [6.07, 6.45) is 0. The van der Waals surface area contributed by atoms with Gasteiger partial charge in [-0.15, -0.1) is 0 Å². The van der Waals surface area contributed by atoms with Crippen LogP contribution < -0.4 is 15.4 Å². The zero-order valence-electron chi connectivity index (χ0n) is 11.1. The monoisotopic (exact) mass is 260 g/mol. The van der Waals surface area contributed by atoms with Crippen LogP contribution in [0.4, 0.5) is 21.5 Å². The molecule has 0 atom stereocenters. The van der Waals surface area contributed by atoms with Crippen molar-refractivity contribution in [1.29, 1.82) is 0 Å². The van der Waals surface area contributed by atoms with Crippen LogP contribution in [0.2, 0.25) is 0 Å². The van der Waals surface area contributed by atoms with Gasteiger partial charge in [-0.25, -0.2) is 4.39 Å². The molecule has 0 aromatic heterocycles. The molecule has 2 N–H and O–H groups in total. The highest BCUT2D eigenvalue weighted by molar-refractivity contribution is 5.68. The maximum Gasteiger partial charge on any atom is 0.123 e. The predicted octanol–water partition coefficient (Wildman–Crippen LogP) is 3.57. The molecule has 2 aromatic rings. The van der Waals surface area contributed by atoms with Crippen molar-refractivity contribution in [2.24, 2.45) is 0 Å². The van der Waals surface area contributed by atoms with Crippen LogP contribution in [0.25, 0.3) is 0 Å². The standard InChI is InChI=1S/C15H17FN2O/c1-3-18(13-6-4-11(16)5-7-13)14-8-12(17)9-15(10-14)19-2/h4-10H,3,17H2,1-2H3. The van der Waals surface area contributed by atoms with Gasteiger partial charge in [-0.1, -0.05) is 0 Å². The summed E-state index contributed by atoms with van der Waals surface area (Å²) < 4.78 is 18.2. The first-order valence-corrected chi connectivity index (χ1v) is 6.11. The number of methoxy groups -OCH3 is 1. The summed E-state index contributed by atoms with van der Waals surface area (Å²) in [6.45, 7) is 2.78. The molecule has 0 aliphatic carbocycles. The van der Waals surface area contributed by atoms with Crippen molar-refractivity contribution in [3.8, 4) is 5.75 Å². The zero-order chi connectivity index (χ0) is 13.8. The molecule has 3 nitrogen and oxygen atoms in total. The van der Waals surface area contributed by atoms with E-state index in [1.54, 1.807) is 25.3 Å². The Morgan fingerprint density at radius 2 is 1.79 bits per heavy atom. The van der Waals surface area contributed by atoms with Crippen LogP contribution >= 0.6 is 0 Å². The Kier molecular flexibility index (Phi) is 3.90. The summed E-state index contributed by atoms with van der Waals surface area (Å²) in [4.78, 5) is 2.04. The Labute approximate surface area is 112 Å². The molecule has 0 bridgehead atoms. The van der Waals surface area contributed by atoms with Crippen LogP contribution in [0.1, 0.15) is 6.92 Å². The number of hydrogen-bond donors (Lipinski definition) is 1. The Balaban J connectivity index is 2.41. The molecule has 0 radical (unpaired) electrons. The molecule has 0 amide bonds. The number of nitrogens with zero attached hydrogens (tertiary/aromatic N) is 1. The number of anilines is 3. The molecule has 100 valence electrons. The lowest BCUT2D eigenvalue weighted by molar-refractivity contribution is 0.415. The topological polar surface area (TPSA) is 38.5 Å². The van der Waals surface area contributed by atoms with E-state index in [-0.39, 0.29) is 5.82 Å². The third-order valence-electron chi connectivity index (χ3n) is 2.92. The van der Waals surface area contributed by atoms with Crippen LogP contribution in [0.3, 0.4) is 0 Å². The molecule has 0 aliphatic heterocycles. The second-order valence-corrected chi connectivity index (χ2v) is 4.19. The largest absolute Gasteiger partial charge is 0.497 e. The maximum absolute atomic E-state index is 13.0. The molecular formula is C15H17FN2O. The van der Waals surface area contributed by atoms with E-state index < -0.39 is 0 Å². The quantitative estimate of drug-likeness (QED) is 0.854. The summed E-state index contributed by atoms with van der Waals surface area (Å²) >= 11 is 0. The van der Waals surface area contributed by atoms with E-state index >= 15 is 0 Å². The van der Waals surface area contributed by atoms with E-state index in [1.165, 1.54) is 12.1 Å². The smallest absolute Gasteiger partial charge is 0.123 e. The lowest BCUT2D eigenvalue weighted by Gasteiger charge is -2.24. The average Bonchev–Trinajstić information content (AvgIpc) is 2.41. The minimum Gasteiger partial charge on any atom is -0.497 e. The van der Waals surface area contributed by atoms with Gasteiger partial charge in [-0.2, -0.15) is 0 Å². The Morgan fingerprint density at radius 1 is 1.11 bits per heavy atom. The molecule has 4 heteroatoms. The molecule has 19 heavy (non-hydrogen) atoms. The number of halogens is 1. The van der Waals surface area contributed by atoms with Crippen molar-refractivity contribution in [3.05, 3.63) is 48.3 Å². The number of benzene rings is 2. The normalized spacial score (nSPS) is 10.3. The van der Waals surface area contributed by atoms with Crippen LogP contribution in [0.15, 0.2) is 42.5 Å². The minimum atomic E-state index is -0.245. The van der Waals surface area contributed by atoms with E-state index in [0.717, 1.165) is 17.9 Å². The third kappa shape index (κ3) is 2.96.